The lowest BCUT2D eigenvalue weighted by molar-refractivity contribution is 0.0949. The largest absolute Gasteiger partial charge is 0.352 e. The SMILES string of the molecule is N#CCCCNC(=O)c1cc(F)ccc1F. The maximum absolute atomic E-state index is 13.1. The van der Waals surface area contributed by atoms with E-state index < -0.39 is 17.5 Å². The number of benzene rings is 1. The van der Waals surface area contributed by atoms with Gasteiger partial charge >= 0.3 is 0 Å². The standard InChI is InChI=1S/C11H10F2N2O/c12-8-3-4-10(13)9(7-8)11(16)15-6-2-1-5-14/h3-4,7H,1-2,6H2,(H,15,16). The van der Waals surface area contributed by atoms with E-state index in [0.29, 0.717) is 12.8 Å². The highest BCUT2D eigenvalue weighted by atomic mass is 19.1. The lowest BCUT2D eigenvalue weighted by Gasteiger charge is -2.04. The molecule has 0 bridgehead atoms. The smallest absolute Gasteiger partial charge is 0.254 e. The Morgan fingerprint density at radius 3 is 2.88 bits per heavy atom. The van der Waals surface area contributed by atoms with Gasteiger partial charge in [0.25, 0.3) is 5.91 Å². The molecule has 0 atom stereocenters. The number of carbonyl (C=O) groups is 1. The van der Waals surface area contributed by atoms with Crippen molar-refractivity contribution in [1.82, 2.24) is 5.32 Å². The molecule has 0 radical (unpaired) electrons. The quantitative estimate of drug-likeness (QED) is 0.795. The van der Waals surface area contributed by atoms with Crippen molar-refractivity contribution in [3.63, 3.8) is 0 Å². The van der Waals surface area contributed by atoms with Crippen molar-refractivity contribution in [2.45, 2.75) is 12.8 Å². The molecule has 1 amide bonds. The van der Waals surface area contributed by atoms with Crippen LogP contribution in [0.5, 0.6) is 0 Å². The average Bonchev–Trinajstić information content (AvgIpc) is 2.27. The number of amides is 1. The fraction of sp³-hybridized carbons (Fsp3) is 0.273. The zero-order valence-electron chi connectivity index (χ0n) is 8.46. The third-order valence-corrected chi connectivity index (χ3v) is 1.92. The van der Waals surface area contributed by atoms with E-state index in [9.17, 15) is 13.6 Å². The normalized spacial score (nSPS) is 9.56. The molecule has 0 aromatic heterocycles. The lowest BCUT2D eigenvalue weighted by atomic mass is 10.2. The van der Waals surface area contributed by atoms with Crippen LogP contribution in [0, 0.1) is 23.0 Å². The summed E-state index contributed by atoms with van der Waals surface area (Å²) in [6.45, 7) is 0.266. The third-order valence-electron chi connectivity index (χ3n) is 1.92. The van der Waals surface area contributed by atoms with Crippen molar-refractivity contribution in [2.24, 2.45) is 0 Å². The van der Waals surface area contributed by atoms with Crippen LogP contribution in [0.4, 0.5) is 8.78 Å². The molecule has 0 fully saturated rings. The van der Waals surface area contributed by atoms with Crippen molar-refractivity contribution < 1.29 is 13.6 Å². The molecule has 16 heavy (non-hydrogen) atoms. The highest BCUT2D eigenvalue weighted by Gasteiger charge is 2.11. The van der Waals surface area contributed by atoms with Gasteiger partial charge in [-0.15, -0.1) is 0 Å². The summed E-state index contributed by atoms with van der Waals surface area (Å²) in [5.74, 6) is -2.10. The Bertz CT molecular complexity index is 426. The average molecular weight is 224 g/mol. The molecule has 1 N–H and O–H groups in total. The summed E-state index contributed by atoms with van der Waals surface area (Å²) in [7, 11) is 0. The van der Waals surface area contributed by atoms with Crippen molar-refractivity contribution in [2.75, 3.05) is 6.54 Å². The summed E-state index contributed by atoms with van der Waals surface area (Å²) < 4.78 is 25.9. The molecular formula is C11H10F2N2O. The summed E-state index contributed by atoms with van der Waals surface area (Å²) in [6, 6.07) is 4.61. The van der Waals surface area contributed by atoms with Gasteiger partial charge in [-0.3, -0.25) is 4.79 Å². The van der Waals surface area contributed by atoms with E-state index in [1.54, 1.807) is 0 Å². The molecule has 0 aliphatic carbocycles. The first-order valence-corrected chi connectivity index (χ1v) is 4.75. The number of nitrogens with zero attached hydrogens (tertiary/aromatic N) is 1. The van der Waals surface area contributed by atoms with Crippen LogP contribution in [0.25, 0.3) is 0 Å². The molecule has 1 aromatic rings. The van der Waals surface area contributed by atoms with E-state index in [1.807, 2.05) is 6.07 Å². The van der Waals surface area contributed by atoms with Gasteiger partial charge in [0.1, 0.15) is 11.6 Å². The minimum Gasteiger partial charge on any atom is -0.352 e. The van der Waals surface area contributed by atoms with E-state index in [2.05, 4.69) is 5.32 Å². The van der Waals surface area contributed by atoms with Gasteiger partial charge < -0.3 is 5.32 Å². The van der Waals surface area contributed by atoms with Crippen LogP contribution in [-0.2, 0) is 0 Å². The van der Waals surface area contributed by atoms with Crippen molar-refractivity contribution in [3.8, 4) is 6.07 Å². The van der Waals surface area contributed by atoms with E-state index >= 15 is 0 Å². The van der Waals surface area contributed by atoms with Gasteiger partial charge in [-0.1, -0.05) is 0 Å². The molecule has 1 aromatic carbocycles. The lowest BCUT2D eigenvalue weighted by Crippen LogP contribution is -2.25. The minimum atomic E-state index is -0.765. The Labute approximate surface area is 91.7 Å². The minimum absolute atomic E-state index is 0.266. The maximum atomic E-state index is 13.1. The monoisotopic (exact) mass is 224 g/mol. The number of hydrogen-bond donors (Lipinski definition) is 1. The number of hydrogen-bond acceptors (Lipinski definition) is 2. The van der Waals surface area contributed by atoms with Crippen LogP contribution in [0.1, 0.15) is 23.2 Å². The van der Waals surface area contributed by atoms with Crippen LogP contribution >= 0.6 is 0 Å². The predicted octanol–water partition coefficient (Wildman–Crippen LogP) is 2.00. The number of nitrogens with one attached hydrogen (secondary N) is 1. The molecular weight excluding hydrogens is 214 g/mol. The second-order valence-corrected chi connectivity index (χ2v) is 3.14. The number of halogens is 2. The Morgan fingerprint density at radius 1 is 1.44 bits per heavy atom. The summed E-state index contributed by atoms with van der Waals surface area (Å²) in [5.41, 5.74) is -0.322. The molecule has 0 aliphatic rings. The maximum Gasteiger partial charge on any atom is 0.254 e. The topological polar surface area (TPSA) is 52.9 Å². The van der Waals surface area contributed by atoms with Gasteiger partial charge in [-0.05, 0) is 24.6 Å². The van der Waals surface area contributed by atoms with Gasteiger partial charge in [0.2, 0.25) is 0 Å². The second kappa shape index (κ2) is 5.81. The number of unbranched alkanes of at least 4 members (excludes halogenated alkanes) is 1. The van der Waals surface area contributed by atoms with E-state index in [4.69, 9.17) is 5.26 Å². The van der Waals surface area contributed by atoms with Crippen LogP contribution in [-0.4, -0.2) is 12.5 Å². The number of carbonyl (C=O) groups excluding carboxylic acids is 1. The molecule has 0 saturated heterocycles. The summed E-state index contributed by atoms with van der Waals surface area (Å²) in [5, 5.41) is 10.7. The highest BCUT2D eigenvalue weighted by Crippen LogP contribution is 2.09. The molecule has 1 rings (SSSR count). The fourth-order valence-electron chi connectivity index (χ4n) is 1.14. The van der Waals surface area contributed by atoms with Gasteiger partial charge in [-0.2, -0.15) is 5.26 Å². The van der Waals surface area contributed by atoms with Crippen molar-refractivity contribution in [1.29, 1.82) is 5.26 Å². The molecule has 3 nitrogen and oxygen atoms in total. The summed E-state index contributed by atoms with van der Waals surface area (Å²) in [6.07, 6.45) is 0.797. The summed E-state index contributed by atoms with van der Waals surface area (Å²) in [4.78, 5) is 11.4. The van der Waals surface area contributed by atoms with E-state index in [0.717, 1.165) is 18.2 Å². The Kier molecular flexibility index (Phi) is 4.40. The Hall–Kier alpha value is -1.96. The molecule has 0 aliphatic heterocycles. The van der Waals surface area contributed by atoms with Gasteiger partial charge in [-0.25, -0.2) is 8.78 Å². The zero-order chi connectivity index (χ0) is 12.0. The molecule has 0 heterocycles. The third kappa shape index (κ3) is 3.31. The zero-order valence-corrected chi connectivity index (χ0v) is 8.46. The van der Waals surface area contributed by atoms with E-state index in [1.165, 1.54) is 0 Å². The first-order valence-electron chi connectivity index (χ1n) is 4.75. The summed E-state index contributed by atoms with van der Waals surface area (Å²) >= 11 is 0. The van der Waals surface area contributed by atoms with E-state index in [-0.39, 0.29) is 12.1 Å². The van der Waals surface area contributed by atoms with Crippen LogP contribution in [0.15, 0.2) is 18.2 Å². The Balaban J connectivity index is 2.59. The molecule has 84 valence electrons. The highest BCUT2D eigenvalue weighted by molar-refractivity contribution is 5.94. The van der Waals surface area contributed by atoms with Gasteiger partial charge in [0, 0.05) is 13.0 Å². The van der Waals surface area contributed by atoms with Gasteiger partial charge in [0.05, 0.1) is 11.6 Å². The predicted molar refractivity (Wildman–Crippen MR) is 53.5 cm³/mol. The number of rotatable bonds is 4. The van der Waals surface area contributed by atoms with Crippen LogP contribution < -0.4 is 5.32 Å². The molecule has 0 unspecified atom stereocenters. The van der Waals surface area contributed by atoms with Gasteiger partial charge in [0.15, 0.2) is 0 Å². The molecule has 0 spiro atoms. The van der Waals surface area contributed by atoms with Crippen molar-refractivity contribution >= 4 is 5.91 Å². The second-order valence-electron chi connectivity index (χ2n) is 3.14. The van der Waals surface area contributed by atoms with Crippen LogP contribution in [0.2, 0.25) is 0 Å². The molecule has 5 heteroatoms. The van der Waals surface area contributed by atoms with Crippen molar-refractivity contribution in [3.05, 3.63) is 35.4 Å². The first kappa shape index (κ1) is 12.1. The fourth-order valence-corrected chi connectivity index (χ4v) is 1.14. The van der Waals surface area contributed by atoms with Crippen LogP contribution in [0.3, 0.4) is 0 Å². The Morgan fingerprint density at radius 2 is 2.19 bits per heavy atom. The number of nitriles is 1. The first-order chi connectivity index (χ1) is 7.65. The molecule has 0 saturated carbocycles.